The van der Waals surface area contributed by atoms with Gasteiger partial charge in [-0.3, -0.25) is 4.79 Å². The smallest absolute Gasteiger partial charge is 0.144 e. The van der Waals surface area contributed by atoms with Crippen molar-refractivity contribution in [3.63, 3.8) is 0 Å². The second-order valence-corrected chi connectivity index (χ2v) is 3.15. The van der Waals surface area contributed by atoms with Gasteiger partial charge in [-0.25, -0.2) is 0 Å². The predicted octanol–water partition coefficient (Wildman–Crippen LogP) is 1.71. The van der Waals surface area contributed by atoms with Crippen molar-refractivity contribution < 1.29 is 4.79 Å². The fourth-order valence-electron chi connectivity index (χ4n) is 1.62. The van der Waals surface area contributed by atoms with Gasteiger partial charge in [0.05, 0.1) is 0 Å². The summed E-state index contributed by atoms with van der Waals surface area (Å²) in [6.45, 7) is 1.83. The van der Waals surface area contributed by atoms with E-state index in [0.717, 1.165) is 19.4 Å². The summed E-state index contributed by atoms with van der Waals surface area (Å²) in [6.07, 6.45) is 4.18. The standard InChI is InChI=1S/C11H11NO/c13-7-3-6-12-8-10-4-1-2-5-11(10)9-12/h1-7H,8-9H2/b6-3+. The van der Waals surface area contributed by atoms with Crippen LogP contribution in [-0.4, -0.2) is 11.2 Å². The van der Waals surface area contributed by atoms with Crippen LogP contribution in [0.5, 0.6) is 0 Å². The van der Waals surface area contributed by atoms with Crippen molar-refractivity contribution in [3.8, 4) is 0 Å². The molecule has 0 saturated heterocycles. The lowest BCUT2D eigenvalue weighted by atomic mass is 10.1. The first kappa shape index (κ1) is 8.05. The zero-order chi connectivity index (χ0) is 9.10. The lowest BCUT2D eigenvalue weighted by molar-refractivity contribution is -0.104. The summed E-state index contributed by atoms with van der Waals surface area (Å²) in [7, 11) is 0. The minimum atomic E-state index is 0.809. The van der Waals surface area contributed by atoms with Crippen molar-refractivity contribution >= 4 is 6.29 Å². The molecule has 0 aliphatic carbocycles. The van der Waals surface area contributed by atoms with E-state index in [-0.39, 0.29) is 0 Å². The second kappa shape index (κ2) is 3.44. The van der Waals surface area contributed by atoms with E-state index in [1.54, 1.807) is 0 Å². The number of hydrogen-bond acceptors (Lipinski definition) is 2. The Balaban J connectivity index is 2.13. The summed E-state index contributed by atoms with van der Waals surface area (Å²) in [4.78, 5) is 12.2. The van der Waals surface area contributed by atoms with E-state index >= 15 is 0 Å². The maximum Gasteiger partial charge on any atom is 0.144 e. The van der Waals surface area contributed by atoms with E-state index < -0.39 is 0 Å². The van der Waals surface area contributed by atoms with Gasteiger partial charge in [0, 0.05) is 19.3 Å². The van der Waals surface area contributed by atoms with Crippen LogP contribution in [0.1, 0.15) is 11.1 Å². The summed E-state index contributed by atoms with van der Waals surface area (Å²) < 4.78 is 0. The Kier molecular flexibility index (Phi) is 2.13. The van der Waals surface area contributed by atoms with Gasteiger partial charge in [0.2, 0.25) is 0 Å². The average Bonchev–Trinajstić information content (AvgIpc) is 2.57. The number of aldehydes is 1. The molecule has 0 bridgehead atoms. The Hall–Kier alpha value is -1.57. The fraction of sp³-hybridized carbons (Fsp3) is 0.182. The van der Waals surface area contributed by atoms with Gasteiger partial charge in [-0.15, -0.1) is 0 Å². The third-order valence-electron chi connectivity index (χ3n) is 2.24. The van der Waals surface area contributed by atoms with Crippen molar-refractivity contribution in [1.82, 2.24) is 4.90 Å². The third kappa shape index (κ3) is 1.61. The van der Waals surface area contributed by atoms with Crippen LogP contribution in [0.25, 0.3) is 0 Å². The molecule has 13 heavy (non-hydrogen) atoms. The van der Waals surface area contributed by atoms with Crippen LogP contribution in [0, 0.1) is 0 Å². The molecule has 0 radical (unpaired) electrons. The molecule has 1 aromatic rings. The Labute approximate surface area is 77.5 Å². The number of hydrogen-bond donors (Lipinski definition) is 0. The van der Waals surface area contributed by atoms with E-state index in [1.807, 2.05) is 18.3 Å². The van der Waals surface area contributed by atoms with E-state index in [0.29, 0.717) is 0 Å². The number of fused-ring (bicyclic) bond motifs is 1. The lowest BCUT2D eigenvalue weighted by Crippen LogP contribution is -2.06. The SMILES string of the molecule is O=C/C=C/N1Cc2ccccc2C1. The highest BCUT2D eigenvalue weighted by Crippen LogP contribution is 2.21. The van der Waals surface area contributed by atoms with E-state index in [2.05, 4.69) is 17.0 Å². The highest BCUT2D eigenvalue weighted by molar-refractivity contribution is 5.64. The van der Waals surface area contributed by atoms with E-state index in [4.69, 9.17) is 0 Å². The molecule has 1 aliphatic rings. The Bertz CT molecular complexity index is 319. The molecule has 2 heteroatoms. The number of rotatable bonds is 2. The van der Waals surface area contributed by atoms with Crippen molar-refractivity contribution in [2.75, 3.05) is 0 Å². The summed E-state index contributed by atoms with van der Waals surface area (Å²) in [5, 5.41) is 0. The molecule has 66 valence electrons. The Morgan fingerprint density at radius 2 is 1.77 bits per heavy atom. The molecule has 1 aromatic carbocycles. The molecule has 0 amide bonds. The van der Waals surface area contributed by atoms with Crippen LogP contribution >= 0.6 is 0 Å². The van der Waals surface area contributed by atoms with Crippen LogP contribution in [0.2, 0.25) is 0 Å². The monoisotopic (exact) mass is 173 g/mol. The Morgan fingerprint density at radius 3 is 2.31 bits per heavy atom. The van der Waals surface area contributed by atoms with Crippen LogP contribution in [0.4, 0.5) is 0 Å². The van der Waals surface area contributed by atoms with Gasteiger partial charge in [0.1, 0.15) is 6.29 Å². The highest BCUT2D eigenvalue weighted by atomic mass is 16.1. The quantitative estimate of drug-likeness (QED) is 0.501. The Morgan fingerprint density at radius 1 is 1.15 bits per heavy atom. The predicted molar refractivity (Wildman–Crippen MR) is 50.9 cm³/mol. The highest BCUT2D eigenvalue weighted by Gasteiger charge is 2.14. The number of nitrogens with zero attached hydrogens (tertiary/aromatic N) is 1. The number of carbonyl (C=O) groups is 1. The maximum absolute atomic E-state index is 10.1. The van der Waals surface area contributed by atoms with Gasteiger partial charge in [-0.1, -0.05) is 24.3 Å². The number of carbonyl (C=O) groups excluding carboxylic acids is 1. The minimum absolute atomic E-state index is 0.809. The second-order valence-electron chi connectivity index (χ2n) is 3.15. The number of benzene rings is 1. The van der Waals surface area contributed by atoms with Gasteiger partial charge in [0.15, 0.2) is 0 Å². The van der Waals surface area contributed by atoms with Crippen LogP contribution in [0.3, 0.4) is 0 Å². The third-order valence-corrected chi connectivity index (χ3v) is 2.24. The molecular weight excluding hydrogens is 162 g/mol. The first-order chi connectivity index (χ1) is 6.40. The van der Waals surface area contributed by atoms with Crippen LogP contribution < -0.4 is 0 Å². The van der Waals surface area contributed by atoms with E-state index in [1.165, 1.54) is 17.2 Å². The molecule has 0 atom stereocenters. The van der Waals surface area contributed by atoms with Crippen LogP contribution in [0.15, 0.2) is 36.5 Å². The van der Waals surface area contributed by atoms with Crippen molar-refractivity contribution in [3.05, 3.63) is 47.7 Å². The minimum Gasteiger partial charge on any atom is -0.369 e. The summed E-state index contributed by atoms with van der Waals surface area (Å²) >= 11 is 0. The first-order valence-electron chi connectivity index (χ1n) is 4.33. The van der Waals surface area contributed by atoms with Crippen molar-refractivity contribution in [2.45, 2.75) is 13.1 Å². The molecular formula is C11H11NO. The molecule has 0 spiro atoms. The molecule has 0 saturated carbocycles. The van der Waals surface area contributed by atoms with Crippen molar-refractivity contribution in [2.24, 2.45) is 0 Å². The summed E-state index contributed by atoms with van der Waals surface area (Å²) in [6, 6.07) is 8.35. The molecule has 0 unspecified atom stereocenters. The van der Waals surface area contributed by atoms with Gasteiger partial charge >= 0.3 is 0 Å². The molecule has 1 aliphatic heterocycles. The molecule has 0 aromatic heterocycles. The van der Waals surface area contributed by atoms with Crippen LogP contribution in [-0.2, 0) is 17.9 Å². The molecule has 0 N–H and O–H groups in total. The topological polar surface area (TPSA) is 20.3 Å². The zero-order valence-corrected chi connectivity index (χ0v) is 7.31. The molecule has 0 fully saturated rings. The first-order valence-corrected chi connectivity index (χ1v) is 4.33. The van der Waals surface area contributed by atoms with Gasteiger partial charge in [-0.05, 0) is 17.2 Å². The summed E-state index contributed by atoms with van der Waals surface area (Å²) in [5.41, 5.74) is 2.72. The molecule has 1 heterocycles. The van der Waals surface area contributed by atoms with Crippen molar-refractivity contribution in [1.29, 1.82) is 0 Å². The lowest BCUT2D eigenvalue weighted by Gasteiger charge is -2.09. The molecule has 2 rings (SSSR count). The fourth-order valence-corrected chi connectivity index (χ4v) is 1.62. The largest absolute Gasteiger partial charge is 0.369 e. The average molecular weight is 173 g/mol. The van der Waals surface area contributed by atoms with E-state index in [9.17, 15) is 4.79 Å². The zero-order valence-electron chi connectivity index (χ0n) is 7.31. The van der Waals surface area contributed by atoms with Gasteiger partial charge in [0.25, 0.3) is 0 Å². The molecule has 2 nitrogen and oxygen atoms in total. The maximum atomic E-state index is 10.1. The number of allylic oxidation sites excluding steroid dienone is 1. The van der Waals surface area contributed by atoms with Gasteiger partial charge in [-0.2, -0.15) is 0 Å². The van der Waals surface area contributed by atoms with Gasteiger partial charge < -0.3 is 4.90 Å². The normalized spacial score (nSPS) is 14.9. The summed E-state index contributed by atoms with van der Waals surface area (Å²) in [5.74, 6) is 0.